The number of hydrogen-bond donors (Lipinski definition) is 4. The van der Waals surface area contributed by atoms with Gasteiger partial charge in [-0.1, -0.05) is 41.4 Å². The van der Waals surface area contributed by atoms with Crippen LogP contribution in [0.5, 0.6) is 0 Å². The topological polar surface area (TPSA) is 133 Å². The van der Waals surface area contributed by atoms with Crippen molar-refractivity contribution in [1.29, 1.82) is 0 Å². The highest BCUT2D eigenvalue weighted by atomic mass is 35.5. The fourth-order valence-corrected chi connectivity index (χ4v) is 4.83. The van der Waals surface area contributed by atoms with Crippen molar-refractivity contribution >= 4 is 52.6 Å². The number of halogens is 2. The van der Waals surface area contributed by atoms with Gasteiger partial charge in [0.15, 0.2) is 0 Å². The Kier molecular flexibility index (Phi) is 8.58. The molecule has 0 spiro atoms. The van der Waals surface area contributed by atoms with E-state index in [0.29, 0.717) is 23.6 Å². The Morgan fingerprint density at radius 2 is 1.65 bits per heavy atom. The zero-order valence-electron chi connectivity index (χ0n) is 19.7. The molecule has 0 aliphatic heterocycles. The lowest BCUT2D eigenvalue weighted by molar-refractivity contribution is -0.139. The highest BCUT2D eigenvalue weighted by Crippen LogP contribution is 2.29. The number of rotatable bonds is 9. The molecule has 2 amide bonds. The van der Waals surface area contributed by atoms with Gasteiger partial charge in [0.25, 0.3) is 5.91 Å². The van der Waals surface area contributed by atoms with E-state index in [2.05, 4.69) is 25.9 Å². The van der Waals surface area contributed by atoms with Crippen LogP contribution in [0.15, 0.2) is 60.9 Å². The summed E-state index contributed by atoms with van der Waals surface area (Å²) in [5.41, 5.74) is 1.30. The maximum Gasteiger partial charge on any atom is 0.326 e. The molecule has 2 aromatic carbocycles. The van der Waals surface area contributed by atoms with E-state index >= 15 is 0 Å². The molecule has 3 aromatic rings. The standard InChI is InChI=1S/C26H25Cl2N5O4/c27-19-3-1-4-20(28)22(19)24(35)33-21(25(36)37)13-15-5-8-17(9-6-15)31-23(34)16-7-10-18(14-16)32-26-29-11-2-12-30-26/h1-6,8-9,11-12,16,18,21H,7,10,13-14H2,(H,31,34)(H,33,35)(H,36,37)(H,29,30,32)/t16-,18+,21-/m0/s1. The van der Waals surface area contributed by atoms with E-state index in [1.165, 1.54) is 12.1 Å². The van der Waals surface area contributed by atoms with Gasteiger partial charge in [-0.05, 0) is 55.2 Å². The largest absolute Gasteiger partial charge is 0.480 e. The van der Waals surface area contributed by atoms with Gasteiger partial charge in [0, 0.05) is 36.5 Å². The van der Waals surface area contributed by atoms with E-state index in [4.69, 9.17) is 23.2 Å². The molecule has 1 aromatic heterocycles. The Bertz CT molecular complexity index is 1250. The number of nitrogens with one attached hydrogen (secondary N) is 3. The van der Waals surface area contributed by atoms with Gasteiger partial charge in [0.1, 0.15) is 6.04 Å². The van der Waals surface area contributed by atoms with Crippen LogP contribution in [0.25, 0.3) is 0 Å². The number of carbonyl (C=O) groups is 3. The molecule has 0 saturated heterocycles. The van der Waals surface area contributed by atoms with Crippen molar-refractivity contribution in [2.75, 3.05) is 10.6 Å². The first-order valence-electron chi connectivity index (χ1n) is 11.7. The Labute approximate surface area is 223 Å². The van der Waals surface area contributed by atoms with Crippen LogP contribution in [-0.2, 0) is 16.0 Å². The molecule has 1 fully saturated rings. The molecule has 1 aliphatic rings. The third-order valence-corrected chi connectivity index (χ3v) is 6.79. The van der Waals surface area contributed by atoms with Crippen LogP contribution in [0.3, 0.4) is 0 Å². The lowest BCUT2D eigenvalue weighted by Gasteiger charge is -2.16. The zero-order chi connectivity index (χ0) is 26.4. The van der Waals surface area contributed by atoms with Crippen molar-refractivity contribution < 1.29 is 19.5 Å². The number of hydrogen-bond acceptors (Lipinski definition) is 6. The molecule has 1 aliphatic carbocycles. The first-order chi connectivity index (χ1) is 17.8. The second-order valence-electron chi connectivity index (χ2n) is 8.77. The van der Waals surface area contributed by atoms with Crippen LogP contribution in [0.4, 0.5) is 11.6 Å². The van der Waals surface area contributed by atoms with Gasteiger partial charge in [0.2, 0.25) is 11.9 Å². The summed E-state index contributed by atoms with van der Waals surface area (Å²) in [4.78, 5) is 45.5. The quantitative estimate of drug-likeness (QED) is 0.315. The smallest absolute Gasteiger partial charge is 0.326 e. The number of amides is 2. The Hall–Kier alpha value is -3.69. The molecule has 0 unspecified atom stereocenters. The number of aliphatic carboxylic acids is 1. The number of carboxylic acid groups (broad SMARTS) is 1. The second-order valence-corrected chi connectivity index (χ2v) is 9.59. The Morgan fingerprint density at radius 1 is 0.973 bits per heavy atom. The molecule has 4 rings (SSSR count). The predicted molar refractivity (Wildman–Crippen MR) is 141 cm³/mol. The molecule has 3 atom stereocenters. The first kappa shape index (κ1) is 26.4. The molecule has 0 radical (unpaired) electrons. The minimum Gasteiger partial charge on any atom is -0.480 e. The van der Waals surface area contributed by atoms with Crippen molar-refractivity contribution in [2.45, 2.75) is 37.8 Å². The van der Waals surface area contributed by atoms with Crippen molar-refractivity contribution in [3.8, 4) is 0 Å². The highest BCUT2D eigenvalue weighted by molar-refractivity contribution is 6.39. The number of anilines is 2. The van der Waals surface area contributed by atoms with Crippen LogP contribution >= 0.6 is 23.2 Å². The lowest BCUT2D eigenvalue weighted by atomic mass is 10.0. The van der Waals surface area contributed by atoms with Crippen LogP contribution in [0.2, 0.25) is 10.0 Å². The van der Waals surface area contributed by atoms with E-state index in [1.54, 1.807) is 48.8 Å². The van der Waals surface area contributed by atoms with Gasteiger partial charge in [-0.2, -0.15) is 0 Å². The fourth-order valence-electron chi connectivity index (χ4n) is 4.26. The second kappa shape index (κ2) is 12.0. The number of aromatic nitrogens is 2. The van der Waals surface area contributed by atoms with Crippen LogP contribution in [0, 0.1) is 5.92 Å². The maximum absolute atomic E-state index is 12.8. The zero-order valence-corrected chi connectivity index (χ0v) is 21.2. The van der Waals surface area contributed by atoms with Crippen molar-refractivity contribution in [3.05, 3.63) is 82.1 Å². The van der Waals surface area contributed by atoms with E-state index in [1.807, 2.05) is 0 Å². The van der Waals surface area contributed by atoms with Gasteiger partial charge in [0.05, 0.1) is 15.6 Å². The summed E-state index contributed by atoms with van der Waals surface area (Å²) in [6.07, 6.45) is 5.64. The summed E-state index contributed by atoms with van der Waals surface area (Å²) in [7, 11) is 0. The van der Waals surface area contributed by atoms with Crippen LogP contribution < -0.4 is 16.0 Å². The number of carboxylic acids is 1. The molecular weight excluding hydrogens is 517 g/mol. The van der Waals surface area contributed by atoms with Crippen molar-refractivity contribution in [3.63, 3.8) is 0 Å². The third-order valence-electron chi connectivity index (χ3n) is 6.16. The van der Waals surface area contributed by atoms with Crippen LogP contribution in [0.1, 0.15) is 35.2 Å². The monoisotopic (exact) mass is 541 g/mol. The normalized spacial score (nSPS) is 17.6. The molecule has 37 heavy (non-hydrogen) atoms. The van der Waals surface area contributed by atoms with E-state index in [0.717, 1.165) is 12.8 Å². The molecule has 192 valence electrons. The summed E-state index contributed by atoms with van der Waals surface area (Å²) in [6.45, 7) is 0. The summed E-state index contributed by atoms with van der Waals surface area (Å²) in [5.74, 6) is -1.52. The van der Waals surface area contributed by atoms with Gasteiger partial charge >= 0.3 is 5.97 Å². The number of carbonyl (C=O) groups excluding carboxylic acids is 2. The number of nitrogens with zero attached hydrogens (tertiary/aromatic N) is 2. The van der Waals surface area contributed by atoms with Crippen molar-refractivity contribution in [1.82, 2.24) is 15.3 Å². The predicted octanol–water partition coefficient (Wildman–Crippen LogP) is 4.43. The molecular formula is C26H25Cl2N5O4. The van der Waals surface area contributed by atoms with Crippen molar-refractivity contribution in [2.24, 2.45) is 5.92 Å². The fraction of sp³-hybridized carbons (Fsp3) is 0.269. The minimum absolute atomic E-state index is 0.0239. The van der Waals surface area contributed by atoms with E-state index in [9.17, 15) is 19.5 Å². The van der Waals surface area contributed by atoms with E-state index < -0.39 is 17.9 Å². The van der Waals surface area contributed by atoms with Gasteiger partial charge < -0.3 is 21.1 Å². The van der Waals surface area contributed by atoms with E-state index in [-0.39, 0.29) is 39.9 Å². The summed E-state index contributed by atoms with van der Waals surface area (Å²) < 4.78 is 0. The van der Waals surface area contributed by atoms with Crippen LogP contribution in [-0.4, -0.2) is 44.9 Å². The summed E-state index contributed by atoms with van der Waals surface area (Å²) in [6, 6.07) is 12.1. The average molecular weight is 542 g/mol. The molecule has 9 nitrogen and oxygen atoms in total. The van der Waals surface area contributed by atoms with Gasteiger partial charge in [-0.3, -0.25) is 9.59 Å². The molecule has 4 N–H and O–H groups in total. The summed E-state index contributed by atoms with van der Waals surface area (Å²) >= 11 is 12.1. The maximum atomic E-state index is 12.8. The average Bonchev–Trinajstić information content (AvgIpc) is 3.34. The first-order valence-corrected chi connectivity index (χ1v) is 12.5. The SMILES string of the molecule is O=C(N[C@@H](Cc1ccc(NC(=O)[C@H]2CC[C@@H](Nc3ncccn3)C2)cc1)C(=O)O)c1c(Cl)cccc1Cl. The lowest BCUT2D eigenvalue weighted by Crippen LogP contribution is -2.42. The number of benzene rings is 2. The highest BCUT2D eigenvalue weighted by Gasteiger charge is 2.30. The molecule has 11 heteroatoms. The molecule has 1 saturated carbocycles. The molecule has 0 bridgehead atoms. The Balaban J connectivity index is 1.31. The van der Waals surface area contributed by atoms with Gasteiger partial charge in [-0.25, -0.2) is 14.8 Å². The third kappa shape index (κ3) is 6.96. The Morgan fingerprint density at radius 3 is 2.30 bits per heavy atom. The molecule has 1 heterocycles. The van der Waals surface area contributed by atoms with Gasteiger partial charge in [-0.15, -0.1) is 0 Å². The minimum atomic E-state index is -1.20. The summed E-state index contributed by atoms with van der Waals surface area (Å²) in [5, 5.41) is 18.6.